The summed E-state index contributed by atoms with van der Waals surface area (Å²) in [6.07, 6.45) is 1.91. The van der Waals surface area contributed by atoms with Gasteiger partial charge >= 0.3 is 0 Å². The molecule has 1 saturated heterocycles. The Morgan fingerprint density at radius 1 is 1.40 bits per heavy atom. The SMILES string of the molecule is CN(C)c1ccc(O[C@@H]2CCN(C(=O)c3c[nH]c(=O)c(Cl)c3)C2)nn1. The van der Waals surface area contributed by atoms with E-state index in [4.69, 9.17) is 16.3 Å². The number of carbonyl (C=O) groups excluding carboxylic acids is 1. The van der Waals surface area contributed by atoms with Gasteiger partial charge in [-0.1, -0.05) is 11.6 Å². The van der Waals surface area contributed by atoms with Gasteiger partial charge in [-0.05, 0) is 12.1 Å². The molecule has 2 aromatic rings. The molecule has 3 heterocycles. The van der Waals surface area contributed by atoms with Gasteiger partial charge in [-0.15, -0.1) is 10.2 Å². The zero-order valence-electron chi connectivity index (χ0n) is 13.9. The average molecular weight is 364 g/mol. The van der Waals surface area contributed by atoms with E-state index in [1.807, 2.05) is 25.1 Å². The second-order valence-electron chi connectivity index (χ2n) is 5.97. The van der Waals surface area contributed by atoms with E-state index in [0.29, 0.717) is 31.0 Å². The molecule has 25 heavy (non-hydrogen) atoms. The van der Waals surface area contributed by atoms with Gasteiger partial charge < -0.3 is 19.5 Å². The van der Waals surface area contributed by atoms with E-state index in [2.05, 4.69) is 15.2 Å². The number of aromatic amines is 1. The predicted molar refractivity (Wildman–Crippen MR) is 93.4 cm³/mol. The Morgan fingerprint density at radius 2 is 2.20 bits per heavy atom. The molecular weight excluding hydrogens is 346 g/mol. The molecule has 3 rings (SSSR count). The summed E-state index contributed by atoms with van der Waals surface area (Å²) < 4.78 is 5.80. The number of likely N-dealkylation sites (tertiary alicyclic amines) is 1. The molecule has 8 nitrogen and oxygen atoms in total. The number of ether oxygens (including phenoxy) is 1. The van der Waals surface area contributed by atoms with Crippen molar-refractivity contribution in [3.63, 3.8) is 0 Å². The Balaban J connectivity index is 1.62. The van der Waals surface area contributed by atoms with Gasteiger partial charge in [0.1, 0.15) is 11.1 Å². The summed E-state index contributed by atoms with van der Waals surface area (Å²) in [5, 5.41) is 8.09. The Labute approximate surface area is 149 Å². The first-order valence-electron chi connectivity index (χ1n) is 7.79. The number of halogens is 1. The topological polar surface area (TPSA) is 91.4 Å². The van der Waals surface area contributed by atoms with Crippen LogP contribution >= 0.6 is 11.6 Å². The number of carbonyl (C=O) groups is 1. The van der Waals surface area contributed by atoms with E-state index >= 15 is 0 Å². The molecule has 1 aliphatic heterocycles. The number of amides is 1. The number of anilines is 1. The smallest absolute Gasteiger partial charge is 0.266 e. The summed E-state index contributed by atoms with van der Waals surface area (Å²) in [6.45, 7) is 0.996. The molecule has 1 amide bonds. The first-order valence-corrected chi connectivity index (χ1v) is 8.17. The predicted octanol–water partition coefficient (Wildman–Crippen LogP) is 1.18. The molecular formula is C16H18ClN5O3. The standard InChI is InChI=1S/C16H18ClN5O3/c1-21(2)13-3-4-14(20-19-13)25-11-5-6-22(9-11)16(24)10-7-12(17)15(23)18-8-10/h3-4,7-8,11H,5-6,9H2,1-2H3,(H,18,23)/t11-/m1/s1. The minimum atomic E-state index is -0.416. The molecule has 9 heteroatoms. The van der Waals surface area contributed by atoms with Crippen molar-refractivity contribution >= 4 is 23.3 Å². The Bertz CT molecular complexity index is 821. The van der Waals surface area contributed by atoms with Crippen molar-refractivity contribution in [1.82, 2.24) is 20.1 Å². The van der Waals surface area contributed by atoms with Crippen molar-refractivity contribution < 1.29 is 9.53 Å². The molecule has 0 radical (unpaired) electrons. The lowest BCUT2D eigenvalue weighted by atomic mass is 10.2. The largest absolute Gasteiger partial charge is 0.471 e. The normalized spacial score (nSPS) is 16.8. The maximum absolute atomic E-state index is 12.5. The highest BCUT2D eigenvalue weighted by atomic mass is 35.5. The summed E-state index contributed by atoms with van der Waals surface area (Å²) in [6, 6.07) is 4.96. The number of hydrogen-bond donors (Lipinski definition) is 1. The number of H-pyrrole nitrogens is 1. The molecule has 1 atom stereocenters. The van der Waals surface area contributed by atoms with Crippen molar-refractivity contribution in [2.24, 2.45) is 0 Å². The number of pyridine rings is 1. The highest BCUT2D eigenvalue weighted by Gasteiger charge is 2.29. The second-order valence-corrected chi connectivity index (χ2v) is 6.38. The Hall–Kier alpha value is -2.61. The highest BCUT2D eigenvalue weighted by Crippen LogP contribution is 2.19. The van der Waals surface area contributed by atoms with E-state index < -0.39 is 5.56 Å². The molecule has 1 N–H and O–H groups in total. The fourth-order valence-corrected chi connectivity index (χ4v) is 2.73. The average Bonchev–Trinajstić information content (AvgIpc) is 3.05. The van der Waals surface area contributed by atoms with Gasteiger partial charge in [0.2, 0.25) is 5.88 Å². The van der Waals surface area contributed by atoms with Crippen LogP contribution in [0.25, 0.3) is 0 Å². The summed E-state index contributed by atoms with van der Waals surface area (Å²) in [4.78, 5) is 29.7. The second kappa shape index (κ2) is 7.10. The van der Waals surface area contributed by atoms with Crippen LogP contribution in [0.1, 0.15) is 16.8 Å². The maximum Gasteiger partial charge on any atom is 0.266 e. The van der Waals surface area contributed by atoms with Crippen molar-refractivity contribution in [2.45, 2.75) is 12.5 Å². The lowest BCUT2D eigenvalue weighted by molar-refractivity contribution is 0.0770. The quantitative estimate of drug-likeness (QED) is 0.877. The number of nitrogens with one attached hydrogen (secondary N) is 1. The number of rotatable bonds is 4. The van der Waals surface area contributed by atoms with Crippen LogP contribution in [0.3, 0.4) is 0 Å². The van der Waals surface area contributed by atoms with E-state index in [1.54, 1.807) is 11.0 Å². The molecule has 0 aliphatic carbocycles. The third-order valence-electron chi connectivity index (χ3n) is 3.91. The van der Waals surface area contributed by atoms with Crippen LogP contribution in [0, 0.1) is 0 Å². The number of nitrogens with zero attached hydrogens (tertiary/aromatic N) is 4. The zero-order valence-corrected chi connectivity index (χ0v) is 14.7. The van der Waals surface area contributed by atoms with Gasteiger partial charge in [-0.2, -0.15) is 0 Å². The van der Waals surface area contributed by atoms with Gasteiger partial charge in [0.25, 0.3) is 11.5 Å². The summed E-state index contributed by atoms with van der Waals surface area (Å²) in [7, 11) is 3.77. The van der Waals surface area contributed by atoms with Crippen molar-refractivity contribution in [1.29, 1.82) is 0 Å². The first kappa shape index (κ1) is 17.2. The van der Waals surface area contributed by atoms with Gasteiger partial charge in [0.15, 0.2) is 5.82 Å². The molecule has 0 unspecified atom stereocenters. The first-order chi connectivity index (χ1) is 11.9. The lowest BCUT2D eigenvalue weighted by Gasteiger charge is -2.17. The van der Waals surface area contributed by atoms with Gasteiger partial charge in [0, 0.05) is 39.3 Å². The monoisotopic (exact) mass is 363 g/mol. The summed E-state index contributed by atoms with van der Waals surface area (Å²) in [5.74, 6) is 0.973. The molecule has 1 aliphatic rings. The Kier molecular flexibility index (Phi) is 4.89. The molecule has 0 saturated carbocycles. The van der Waals surface area contributed by atoms with Gasteiger partial charge in [0.05, 0.1) is 12.1 Å². The molecule has 2 aromatic heterocycles. The van der Waals surface area contributed by atoms with E-state index in [1.165, 1.54) is 12.3 Å². The van der Waals surface area contributed by atoms with Gasteiger partial charge in [-0.3, -0.25) is 9.59 Å². The summed E-state index contributed by atoms with van der Waals surface area (Å²) >= 11 is 5.78. The maximum atomic E-state index is 12.5. The van der Waals surface area contributed by atoms with Crippen molar-refractivity contribution in [3.8, 4) is 5.88 Å². The van der Waals surface area contributed by atoms with E-state index in [0.717, 1.165) is 5.82 Å². The van der Waals surface area contributed by atoms with Crippen LogP contribution in [0.5, 0.6) is 5.88 Å². The minimum absolute atomic E-state index is 0.00546. The van der Waals surface area contributed by atoms with Crippen molar-refractivity contribution in [3.05, 3.63) is 45.3 Å². The molecule has 0 spiro atoms. The van der Waals surface area contributed by atoms with Crippen LogP contribution in [0.2, 0.25) is 5.02 Å². The number of aromatic nitrogens is 3. The van der Waals surface area contributed by atoms with Crippen LogP contribution < -0.4 is 15.2 Å². The summed E-state index contributed by atoms with van der Waals surface area (Å²) in [5.41, 5.74) is -0.0685. The molecule has 0 aromatic carbocycles. The lowest BCUT2D eigenvalue weighted by Crippen LogP contribution is -2.31. The third-order valence-corrected chi connectivity index (χ3v) is 4.19. The number of hydrogen-bond acceptors (Lipinski definition) is 6. The van der Waals surface area contributed by atoms with Crippen LogP contribution in [0.4, 0.5) is 5.82 Å². The van der Waals surface area contributed by atoms with Crippen LogP contribution in [-0.2, 0) is 0 Å². The fourth-order valence-electron chi connectivity index (χ4n) is 2.56. The zero-order chi connectivity index (χ0) is 18.0. The van der Waals surface area contributed by atoms with E-state index in [9.17, 15) is 9.59 Å². The van der Waals surface area contributed by atoms with Crippen LogP contribution in [-0.4, -0.2) is 59.3 Å². The minimum Gasteiger partial charge on any atom is -0.471 e. The van der Waals surface area contributed by atoms with Crippen molar-refractivity contribution in [2.75, 3.05) is 32.1 Å². The van der Waals surface area contributed by atoms with E-state index in [-0.39, 0.29) is 17.0 Å². The molecule has 132 valence electrons. The fraction of sp³-hybridized carbons (Fsp3) is 0.375. The highest BCUT2D eigenvalue weighted by molar-refractivity contribution is 6.30. The van der Waals surface area contributed by atoms with Crippen LogP contribution in [0.15, 0.2) is 29.2 Å². The van der Waals surface area contributed by atoms with Gasteiger partial charge in [-0.25, -0.2) is 0 Å². The third kappa shape index (κ3) is 3.90. The molecule has 1 fully saturated rings. The Morgan fingerprint density at radius 3 is 2.84 bits per heavy atom. The molecule has 0 bridgehead atoms.